The summed E-state index contributed by atoms with van der Waals surface area (Å²) in [7, 11) is 0. The molecular formula is C19H18N4S. The van der Waals surface area contributed by atoms with Crippen LogP contribution >= 0.6 is 12.2 Å². The van der Waals surface area contributed by atoms with Gasteiger partial charge in [-0.3, -0.25) is 9.88 Å². The van der Waals surface area contributed by atoms with E-state index >= 15 is 0 Å². The molecule has 0 saturated carbocycles. The maximum absolute atomic E-state index is 5.57. The summed E-state index contributed by atoms with van der Waals surface area (Å²) in [5.74, 6) is 0. The highest BCUT2D eigenvalue weighted by molar-refractivity contribution is 7.80. The molecule has 5 heteroatoms. The molecule has 1 aliphatic rings. The van der Waals surface area contributed by atoms with Gasteiger partial charge in [-0.1, -0.05) is 42.5 Å². The highest BCUT2D eigenvalue weighted by Gasteiger charge is 2.23. The maximum atomic E-state index is 5.57. The quantitative estimate of drug-likeness (QED) is 0.743. The number of thiocarbonyl (C=S) groups is 1. The number of nitrogens with zero attached hydrogens (tertiary/aromatic N) is 3. The Bertz CT molecular complexity index is 860. The number of aromatic nitrogens is 1. The largest absolute Gasteiger partial charge is 0.349 e. The van der Waals surface area contributed by atoms with Crippen molar-refractivity contribution >= 4 is 33.8 Å². The molecule has 0 spiro atoms. The van der Waals surface area contributed by atoms with Crippen molar-refractivity contribution in [3.63, 3.8) is 0 Å². The summed E-state index contributed by atoms with van der Waals surface area (Å²) in [5.41, 5.74) is 2.34. The van der Waals surface area contributed by atoms with E-state index in [0.29, 0.717) is 0 Å². The number of fused-ring (bicyclic) bond motifs is 1. The van der Waals surface area contributed by atoms with Gasteiger partial charge in [-0.05, 0) is 35.3 Å². The van der Waals surface area contributed by atoms with Gasteiger partial charge in [0.15, 0.2) is 5.11 Å². The number of hydrogen-bond donors (Lipinski definition) is 1. The molecular weight excluding hydrogens is 316 g/mol. The Kier molecular flexibility index (Phi) is 4.11. The Labute approximate surface area is 146 Å². The second kappa shape index (κ2) is 6.55. The Balaban J connectivity index is 1.62. The van der Waals surface area contributed by atoms with Crippen LogP contribution in [-0.2, 0) is 6.54 Å². The lowest BCUT2D eigenvalue weighted by Gasteiger charge is -2.38. The van der Waals surface area contributed by atoms with Gasteiger partial charge in [0.1, 0.15) is 0 Å². The van der Waals surface area contributed by atoms with Gasteiger partial charge in [0.05, 0.1) is 19.0 Å². The fourth-order valence-electron chi connectivity index (χ4n) is 3.07. The number of nitrogens with one attached hydrogen (secondary N) is 1. The van der Waals surface area contributed by atoms with Gasteiger partial charge in [-0.2, -0.15) is 0 Å². The maximum Gasteiger partial charge on any atom is 0.175 e. The molecule has 4 nitrogen and oxygen atoms in total. The Hall–Kier alpha value is -2.50. The van der Waals surface area contributed by atoms with Gasteiger partial charge >= 0.3 is 0 Å². The second-order valence-corrected chi connectivity index (χ2v) is 6.28. The SMILES string of the molecule is S=C1NCN(Cc2cccnc2)CN1c1cccc2ccccc12. The van der Waals surface area contributed by atoms with E-state index in [1.807, 2.05) is 12.3 Å². The molecule has 2 heterocycles. The summed E-state index contributed by atoms with van der Waals surface area (Å²) < 4.78 is 0. The van der Waals surface area contributed by atoms with Crippen LogP contribution in [0.5, 0.6) is 0 Å². The minimum atomic E-state index is 0.745. The first-order valence-corrected chi connectivity index (χ1v) is 8.36. The molecule has 2 aromatic carbocycles. The van der Waals surface area contributed by atoms with E-state index in [1.54, 1.807) is 6.20 Å². The molecule has 1 N–H and O–H groups in total. The molecule has 120 valence electrons. The van der Waals surface area contributed by atoms with Gasteiger partial charge in [-0.25, -0.2) is 0 Å². The molecule has 0 amide bonds. The van der Waals surface area contributed by atoms with Crippen LogP contribution < -0.4 is 10.2 Å². The number of hydrogen-bond acceptors (Lipinski definition) is 3. The van der Waals surface area contributed by atoms with Crippen molar-refractivity contribution in [1.82, 2.24) is 15.2 Å². The summed E-state index contributed by atoms with van der Waals surface area (Å²) in [5, 5.41) is 6.54. The van der Waals surface area contributed by atoms with Crippen molar-refractivity contribution in [3.8, 4) is 0 Å². The van der Waals surface area contributed by atoms with Crippen LogP contribution in [0.2, 0.25) is 0 Å². The van der Waals surface area contributed by atoms with Gasteiger partial charge in [0, 0.05) is 24.3 Å². The predicted molar refractivity (Wildman–Crippen MR) is 102 cm³/mol. The van der Waals surface area contributed by atoms with Crippen molar-refractivity contribution in [2.24, 2.45) is 0 Å². The highest BCUT2D eigenvalue weighted by Crippen LogP contribution is 2.28. The lowest BCUT2D eigenvalue weighted by atomic mass is 10.1. The third kappa shape index (κ3) is 2.96. The Morgan fingerprint density at radius 2 is 1.92 bits per heavy atom. The van der Waals surface area contributed by atoms with E-state index < -0.39 is 0 Å². The Morgan fingerprint density at radius 1 is 1.04 bits per heavy atom. The number of anilines is 1. The average Bonchev–Trinajstić information content (AvgIpc) is 2.64. The average molecular weight is 334 g/mol. The van der Waals surface area contributed by atoms with E-state index in [2.05, 4.69) is 68.6 Å². The molecule has 0 unspecified atom stereocenters. The summed E-state index contributed by atoms with van der Waals surface area (Å²) >= 11 is 5.57. The van der Waals surface area contributed by atoms with Crippen molar-refractivity contribution in [3.05, 3.63) is 72.6 Å². The number of rotatable bonds is 3. The molecule has 0 radical (unpaired) electrons. The first-order valence-electron chi connectivity index (χ1n) is 7.96. The first-order chi connectivity index (χ1) is 11.8. The van der Waals surface area contributed by atoms with Crippen LogP contribution in [0, 0.1) is 0 Å². The zero-order valence-corrected chi connectivity index (χ0v) is 14.0. The number of benzene rings is 2. The van der Waals surface area contributed by atoms with E-state index in [0.717, 1.165) is 30.7 Å². The normalized spacial score (nSPS) is 15.5. The zero-order chi connectivity index (χ0) is 16.4. The molecule has 3 aromatic rings. The first kappa shape index (κ1) is 15.1. The highest BCUT2D eigenvalue weighted by atomic mass is 32.1. The molecule has 1 aliphatic heterocycles. The molecule has 24 heavy (non-hydrogen) atoms. The van der Waals surface area contributed by atoms with E-state index in [4.69, 9.17) is 12.2 Å². The molecule has 1 fully saturated rings. The van der Waals surface area contributed by atoms with Crippen LogP contribution in [0.1, 0.15) is 5.56 Å². The van der Waals surface area contributed by atoms with Gasteiger partial charge < -0.3 is 10.2 Å². The molecule has 1 saturated heterocycles. The van der Waals surface area contributed by atoms with Crippen LogP contribution in [0.15, 0.2) is 67.0 Å². The van der Waals surface area contributed by atoms with E-state index in [9.17, 15) is 0 Å². The Morgan fingerprint density at radius 3 is 2.79 bits per heavy atom. The van der Waals surface area contributed by atoms with Crippen LogP contribution in [0.3, 0.4) is 0 Å². The van der Waals surface area contributed by atoms with E-state index in [-0.39, 0.29) is 0 Å². The van der Waals surface area contributed by atoms with Crippen LogP contribution in [0.4, 0.5) is 5.69 Å². The van der Waals surface area contributed by atoms with Gasteiger partial charge in [0.25, 0.3) is 0 Å². The standard InChI is InChI=1S/C19H18N4S/c24-19-21-13-22(12-15-5-4-10-20-11-15)14-23(19)18-9-3-7-16-6-1-2-8-17(16)18/h1-11H,12-14H2,(H,21,24). The fraction of sp³-hybridized carbons (Fsp3) is 0.158. The zero-order valence-electron chi connectivity index (χ0n) is 13.2. The van der Waals surface area contributed by atoms with Crippen molar-refractivity contribution in [1.29, 1.82) is 0 Å². The van der Waals surface area contributed by atoms with Crippen molar-refractivity contribution < 1.29 is 0 Å². The predicted octanol–water partition coefficient (Wildman–Crippen LogP) is 3.35. The molecule has 0 atom stereocenters. The minimum Gasteiger partial charge on any atom is -0.349 e. The van der Waals surface area contributed by atoms with Crippen molar-refractivity contribution in [2.45, 2.75) is 6.54 Å². The topological polar surface area (TPSA) is 31.4 Å². The second-order valence-electron chi connectivity index (χ2n) is 5.90. The third-order valence-electron chi connectivity index (χ3n) is 4.23. The van der Waals surface area contributed by atoms with Crippen LogP contribution in [0.25, 0.3) is 10.8 Å². The summed E-state index contributed by atoms with van der Waals surface area (Å²) in [6.45, 7) is 2.34. The van der Waals surface area contributed by atoms with Crippen molar-refractivity contribution in [2.75, 3.05) is 18.2 Å². The van der Waals surface area contributed by atoms with Crippen LogP contribution in [-0.4, -0.2) is 28.3 Å². The summed E-state index contributed by atoms with van der Waals surface area (Å²) in [6.07, 6.45) is 3.71. The lowest BCUT2D eigenvalue weighted by molar-refractivity contribution is 0.252. The molecule has 0 aliphatic carbocycles. The minimum absolute atomic E-state index is 0.745. The van der Waals surface area contributed by atoms with E-state index in [1.165, 1.54) is 16.3 Å². The smallest absolute Gasteiger partial charge is 0.175 e. The van der Waals surface area contributed by atoms with Gasteiger partial charge in [0.2, 0.25) is 0 Å². The number of pyridine rings is 1. The molecule has 1 aromatic heterocycles. The van der Waals surface area contributed by atoms with Gasteiger partial charge in [-0.15, -0.1) is 0 Å². The summed E-state index contributed by atoms with van der Waals surface area (Å²) in [4.78, 5) is 8.68. The fourth-order valence-corrected chi connectivity index (χ4v) is 3.29. The third-order valence-corrected chi connectivity index (χ3v) is 4.59. The molecule has 4 rings (SSSR count). The lowest BCUT2D eigenvalue weighted by Crippen LogP contribution is -2.56. The summed E-state index contributed by atoms with van der Waals surface area (Å²) in [6, 6.07) is 18.8. The monoisotopic (exact) mass is 334 g/mol. The molecule has 0 bridgehead atoms.